The zero-order valence-corrected chi connectivity index (χ0v) is 11.3. The largest absolute Gasteiger partial charge is 0.462 e. The topological polar surface area (TPSA) is 42.4 Å². The summed E-state index contributed by atoms with van der Waals surface area (Å²) in [6.07, 6.45) is 3.40. The molecule has 98 valence electrons. The van der Waals surface area contributed by atoms with Gasteiger partial charge in [0.1, 0.15) is 5.75 Å². The van der Waals surface area contributed by atoms with Crippen molar-refractivity contribution in [2.75, 3.05) is 11.5 Å². The minimum Gasteiger partial charge on any atom is -0.462 e. The second kappa shape index (κ2) is 4.12. The monoisotopic (exact) mass is 273 g/mol. The van der Waals surface area contributed by atoms with Gasteiger partial charge in [0.15, 0.2) is 0 Å². The van der Waals surface area contributed by atoms with E-state index in [9.17, 15) is 5.11 Å². The van der Waals surface area contributed by atoms with Gasteiger partial charge in [-0.05, 0) is 30.4 Å². The van der Waals surface area contributed by atoms with Crippen LogP contribution < -0.4 is 4.74 Å². The first-order valence-corrected chi connectivity index (χ1v) is 7.77. The van der Waals surface area contributed by atoms with Crippen molar-refractivity contribution in [3.63, 3.8) is 0 Å². The average molecular weight is 273 g/mol. The number of pyridine rings is 1. The zero-order valence-electron chi connectivity index (χ0n) is 10.5. The Morgan fingerprint density at radius 2 is 2.32 bits per heavy atom. The summed E-state index contributed by atoms with van der Waals surface area (Å²) in [7, 11) is 0. The summed E-state index contributed by atoms with van der Waals surface area (Å²) in [6, 6.07) is 7.96. The van der Waals surface area contributed by atoms with Crippen LogP contribution in [0.25, 0.3) is 10.9 Å². The molecule has 4 heteroatoms. The van der Waals surface area contributed by atoms with Gasteiger partial charge in [-0.1, -0.05) is 6.07 Å². The molecule has 1 fully saturated rings. The Morgan fingerprint density at radius 1 is 1.37 bits per heavy atom. The third-order valence-electron chi connectivity index (χ3n) is 4.15. The smallest absolute Gasteiger partial charge is 0.212 e. The SMILES string of the molecule is OC12CCSCC1Cc1c(ccc3ncccc13)O2. The van der Waals surface area contributed by atoms with Crippen molar-refractivity contribution in [2.24, 2.45) is 5.92 Å². The molecule has 2 aliphatic rings. The van der Waals surface area contributed by atoms with E-state index < -0.39 is 5.79 Å². The van der Waals surface area contributed by atoms with Gasteiger partial charge in [0.25, 0.3) is 0 Å². The molecule has 2 aliphatic heterocycles. The van der Waals surface area contributed by atoms with Crippen LogP contribution in [-0.2, 0) is 6.42 Å². The van der Waals surface area contributed by atoms with E-state index in [4.69, 9.17) is 4.74 Å². The lowest BCUT2D eigenvalue weighted by atomic mass is 9.86. The Labute approximate surface area is 116 Å². The predicted octanol–water partition coefficient (Wildman–Crippen LogP) is 2.61. The van der Waals surface area contributed by atoms with Crippen LogP contribution in [0.2, 0.25) is 0 Å². The van der Waals surface area contributed by atoms with Crippen molar-refractivity contribution in [3.8, 4) is 5.75 Å². The minimum absolute atomic E-state index is 0.185. The highest BCUT2D eigenvalue weighted by atomic mass is 32.2. The molecular formula is C15H15NO2S. The van der Waals surface area contributed by atoms with Crippen molar-refractivity contribution in [1.29, 1.82) is 0 Å². The lowest BCUT2D eigenvalue weighted by molar-refractivity contribution is -0.183. The van der Waals surface area contributed by atoms with Crippen LogP contribution in [-0.4, -0.2) is 27.4 Å². The molecule has 0 saturated carbocycles. The molecule has 0 bridgehead atoms. The second-order valence-corrected chi connectivity index (χ2v) is 6.44. The van der Waals surface area contributed by atoms with Gasteiger partial charge in [-0.25, -0.2) is 0 Å². The quantitative estimate of drug-likeness (QED) is 0.801. The van der Waals surface area contributed by atoms with E-state index in [1.54, 1.807) is 0 Å². The number of fused-ring (bicyclic) bond motifs is 4. The van der Waals surface area contributed by atoms with E-state index in [0.29, 0.717) is 6.42 Å². The van der Waals surface area contributed by atoms with Crippen molar-refractivity contribution < 1.29 is 9.84 Å². The van der Waals surface area contributed by atoms with Gasteiger partial charge in [0.2, 0.25) is 5.79 Å². The molecule has 2 atom stereocenters. The lowest BCUT2D eigenvalue weighted by Crippen LogP contribution is -2.51. The molecule has 3 nitrogen and oxygen atoms in total. The van der Waals surface area contributed by atoms with Crippen LogP contribution in [0, 0.1) is 5.92 Å². The van der Waals surface area contributed by atoms with E-state index in [-0.39, 0.29) is 5.92 Å². The number of aromatic nitrogens is 1. The Balaban J connectivity index is 1.87. The molecule has 19 heavy (non-hydrogen) atoms. The number of benzene rings is 1. The summed E-state index contributed by atoms with van der Waals surface area (Å²) in [5, 5.41) is 11.8. The fourth-order valence-electron chi connectivity index (χ4n) is 3.07. The van der Waals surface area contributed by atoms with Gasteiger partial charge in [-0.3, -0.25) is 4.98 Å². The Morgan fingerprint density at radius 3 is 3.26 bits per heavy atom. The minimum atomic E-state index is -0.964. The highest BCUT2D eigenvalue weighted by Crippen LogP contribution is 2.44. The standard InChI is InChI=1S/C15H15NO2S/c17-15-5-7-19-9-10(15)8-12-11-2-1-6-16-13(11)3-4-14(12)18-15/h1-4,6,10,17H,5,7-9H2. The normalized spacial score (nSPS) is 29.4. The molecule has 4 rings (SSSR count). The molecule has 1 N–H and O–H groups in total. The van der Waals surface area contributed by atoms with Crippen LogP contribution in [0.4, 0.5) is 0 Å². The third-order valence-corrected chi connectivity index (χ3v) is 5.28. The fraction of sp³-hybridized carbons (Fsp3) is 0.400. The van der Waals surface area contributed by atoms with Gasteiger partial charge in [0, 0.05) is 35.2 Å². The molecule has 0 aliphatic carbocycles. The van der Waals surface area contributed by atoms with E-state index in [1.807, 2.05) is 36.2 Å². The molecule has 2 unspecified atom stereocenters. The number of ether oxygens (including phenoxy) is 1. The number of aliphatic hydroxyl groups is 1. The van der Waals surface area contributed by atoms with E-state index in [1.165, 1.54) is 5.56 Å². The van der Waals surface area contributed by atoms with Crippen LogP contribution >= 0.6 is 11.8 Å². The van der Waals surface area contributed by atoms with Crippen LogP contribution in [0.3, 0.4) is 0 Å². The number of rotatable bonds is 0. The molecule has 3 heterocycles. The Bertz CT molecular complexity index is 645. The zero-order chi connectivity index (χ0) is 12.9. The van der Waals surface area contributed by atoms with Gasteiger partial charge >= 0.3 is 0 Å². The van der Waals surface area contributed by atoms with Crippen LogP contribution in [0.5, 0.6) is 5.75 Å². The molecule has 1 saturated heterocycles. The van der Waals surface area contributed by atoms with E-state index in [2.05, 4.69) is 11.1 Å². The van der Waals surface area contributed by atoms with Gasteiger partial charge in [0.05, 0.1) is 5.52 Å². The van der Waals surface area contributed by atoms with Crippen molar-refractivity contribution in [2.45, 2.75) is 18.6 Å². The summed E-state index contributed by atoms with van der Waals surface area (Å²) in [4.78, 5) is 4.39. The molecule has 2 aromatic rings. The Kier molecular flexibility index (Phi) is 2.50. The number of hydrogen-bond acceptors (Lipinski definition) is 4. The maximum absolute atomic E-state index is 10.7. The first-order valence-electron chi connectivity index (χ1n) is 6.62. The number of nitrogens with zero attached hydrogens (tertiary/aromatic N) is 1. The summed E-state index contributed by atoms with van der Waals surface area (Å²) < 4.78 is 5.95. The molecule has 1 aromatic carbocycles. The average Bonchev–Trinajstić information content (AvgIpc) is 2.44. The van der Waals surface area contributed by atoms with Crippen LogP contribution in [0.1, 0.15) is 12.0 Å². The summed E-state index contributed by atoms with van der Waals surface area (Å²) in [6.45, 7) is 0. The Hall–Kier alpha value is -1.26. The second-order valence-electron chi connectivity index (χ2n) is 5.29. The van der Waals surface area contributed by atoms with Crippen molar-refractivity contribution in [1.82, 2.24) is 4.98 Å². The third kappa shape index (κ3) is 1.74. The molecular weight excluding hydrogens is 258 g/mol. The van der Waals surface area contributed by atoms with Gasteiger partial charge < -0.3 is 9.84 Å². The summed E-state index contributed by atoms with van der Waals surface area (Å²) in [5.41, 5.74) is 2.20. The summed E-state index contributed by atoms with van der Waals surface area (Å²) in [5.74, 6) is 1.98. The van der Waals surface area contributed by atoms with E-state index in [0.717, 1.165) is 34.6 Å². The fourth-order valence-corrected chi connectivity index (χ4v) is 4.33. The highest BCUT2D eigenvalue weighted by Gasteiger charge is 2.45. The number of hydrogen-bond donors (Lipinski definition) is 1. The predicted molar refractivity (Wildman–Crippen MR) is 76.5 cm³/mol. The van der Waals surface area contributed by atoms with Crippen molar-refractivity contribution in [3.05, 3.63) is 36.0 Å². The first kappa shape index (κ1) is 11.6. The number of thioether (sulfide) groups is 1. The maximum Gasteiger partial charge on any atom is 0.212 e. The molecule has 0 spiro atoms. The first-order chi connectivity index (χ1) is 9.26. The molecule has 0 radical (unpaired) electrons. The van der Waals surface area contributed by atoms with Crippen molar-refractivity contribution >= 4 is 22.7 Å². The summed E-state index contributed by atoms with van der Waals surface area (Å²) >= 11 is 1.90. The molecule has 1 aromatic heterocycles. The van der Waals surface area contributed by atoms with E-state index >= 15 is 0 Å². The highest BCUT2D eigenvalue weighted by molar-refractivity contribution is 7.99. The van der Waals surface area contributed by atoms with Gasteiger partial charge in [-0.2, -0.15) is 11.8 Å². The van der Waals surface area contributed by atoms with Crippen LogP contribution in [0.15, 0.2) is 30.5 Å². The lowest BCUT2D eigenvalue weighted by Gasteiger charge is -2.43. The molecule has 0 amide bonds. The maximum atomic E-state index is 10.7. The van der Waals surface area contributed by atoms with Gasteiger partial charge in [-0.15, -0.1) is 0 Å².